The Hall–Kier alpha value is 25.6. The average Bonchev–Trinajstić information content (AvgIpc) is 0. The molecule has 90 heteroatoms. The van der Waals surface area contributed by atoms with E-state index in [2.05, 4.69) is 0 Å². The van der Waals surface area contributed by atoms with E-state index in [1.54, 1.807) is 0 Å². The topological polar surface area (TPSA) is 1310 Å². The molecule has 0 unspecified atom stereocenters. The Morgan fingerprint density at radius 2 is 0.0222 bits per heavy atom. The summed E-state index contributed by atoms with van der Waals surface area (Å²) < 4.78 is 0. The second-order valence-electron chi connectivity index (χ2n) is 0. The number of hydrogen-bond donors (Lipinski definition) is 0. The predicted molar refractivity (Wildman–Crippen MR) is 31.6 cm³/mol. The van der Waals surface area contributed by atoms with E-state index >= 15 is 0 Å². The number of rotatable bonds is 0. The molecule has 0 spiro atoms. The van der Waals surface area contributed by atoms with Gasteiger partial charge in [0.1, 0.15) is 0 Å². The van der Waals surface area contributed by atoms with E-state index in [0.29, 0.717) is 0 Å². The fourth-order valence-electron chi connectivity index (χ4n) is 0. The van der Waals surface area contributed by atoms with Gasteiger partial charge < -0.3 is 252 Å². The molecular formula is O46Zn44-4. The van der Waals surface area contributed by atoms with Crippen molar-refractivity contribution < 1.29 is 1110 Å². The fraction of sp³-hybridized carbons (Fsp3) is 0. The van der Waals surface area contributed by atoms with E-state index < -0.39 is 0 Å². The molecule has 0 aliphatic rings. The Labute approximate surface area is 1080 Å². The Balaban J connectivity index is 0. The molecule has 0 aliphatic heterocycles. The normalized spacial score (nSPS) is 0. The van der Waals surface area contributed by atoms with Crippen LogP contribution < -0.4 is 0 Å². The fourth-order valence-corrected chi connectivity index (χ4v) is 0. The standard InChI is InChI=1S/46O.44Zn/q46*-2;44*+2. The van der Waals surface area contributed by atoms with Crippen molar-refractivity contribution in [2.45, 2.75) is 0 Å². The maximum absolute atomic E-state index is 0. The molecule has 0 aromatic rings. The van der Waals surface area contributed by atoms with Crippen molar-refractivity contribution in [1.29, 1.82) is 0 Å². The van der Waals surface area contributed by atoms with Gasteiger partial charge in [0.15, 0.2) is 0 Å². The summed E-state index contributed by atoms with van der Waals surface area (Å²) in [6.45, 7) is 0. The molecule has 0 aliphatic carbocycles. The molecule has 368 valence electrons. The molecule has 0 N–H and O–H groups in total. The van der Waals surface area contributed by atoms with Crippen LogP contribution in [-0.2, 0) is 1110 Å². The molecule has 0 aromatic heterocycles. The first-order valence-electron chi connectivity index (χ1n) is 0. The minimum atomic E-state index is 0. The van der Waals surface area contributed by atoms with Crippen LogP contribution in [-0.4, -0.2) is 0 Å². The van der Waals surface area contributed by atoms with Gasteiger partial charge in [0.2, 0.25) is 0 Å². The van der Waals surface area contributed by atoms with Crippen LogP contribution in [0.5, 0.6) is 0 Å². The molecule has 0 aromatic carbocycles. The van der Waals surface area contributed by atoms with Crippen LogP contribution in [0.4, 0.5) is 0 Å². The molecule has 0 saturated heterocycles. The minimum absolute atomic E-state index is 0. The molecule has 46 nitrogen and oxygen atoms in total. The molecule has 0 bridgehead atoms. The van der Waals surface area contributed by atoms with Gasteiger partial charge >= 0.3 is 857 Å². The van der Waals surface area contributed by atoms with E-state index in [1.165, 1.54) is 0 Å². The Bertz CT molecular complexity index is 90.0. The van der Waals surface area contributed by atoms with Crippen LogP contribution in [0.3, 0.4) is 0 Å². The molecule has 0 amide bonds. The van der Waals surface area contributed by atoms with E-state index in [4.69, 9.17) is 0 Å². The third kappa shape index (κ3) is 2200. The van der Waals surface area contributed by atoms with Crippen molar-refractivity contribution in [2.75, 3.05) is 0 Å². The van der Waals surface area contributed by atoms with E-state index in [-0.39, 0.29) is 1110 Å². The Morgan fingerprint density at radius 3 is 0.0222 bits per heavy atom. The van der Waals surface area contributed by atoms with Gasteiger partial charge in [-0.1, -0.05) is 0 Å². The first-order chi connectivity index (χ1) is 0. The summed E-state index contributed by atoms with van der Waals surface area (Å²) in [7, 11) is 0. The van der Waals surface area contributed by atoms with E-state index in [9.17, 15) is 0 Å². The van der Waals surface area contributed by atoms with Crippen molar-refractivity contribution in [3.63, 3.8) is 0 Å². The van der Waals surface area contributed by atoms with Crippen molar-refractivity contribution in [1.82, 2.24) is 0 Å². The van der Waals surface area contributed by atoms with Gasteiger partial charge in [0.05, 0.1) is 0 Å². The first kappa shape index (κ1) is 2320. The smallest absolute Gasteiger partial charge is 2.00 e. The van der Waals surface area contributed by atoms with Crippen LogP contribution in [0, 0.1) is 0 Å². The van der Waals surface area contributed by atoms with Gasteiger partial charge in [-0.05, 0) is 0 Å². The molecule has 0 atom stereocenters. The van der Waals surface area contributed by atoms with Gasteiger partial charge in [-0.3, -0.25) is 0 Å². The summed E-state index contributed by atoms with van der Waals surface area (Å²) in [5.74, 6) is 0. The molecule has 90 heavy (non-hydrogen) atoms. The third-order valence-electron chi connectivity index (χ3n) is 0. The Morgan fingerprint density at radius 1 is 0.0222 bits per heavy atom. The molecule has 0 rings (SSSR count). The van der Waals surface area contributed by atoms with Crippen molar-refractivity contribution in [3.05, 3.63) is 0 Å². The summed E-state index contributed by atoms with van der Waals surface area (Å²) in [4.78, 5) is 0. The van der Waals surface area contributed by atoms with Crippen LogP contribution in [0.2, 0.25) is 0 Å². The van der Waals surface area contributed by atoms with Gasteiger partial charge in [-0.2, -0.15) is 0 Å². The molecule has 0 saturated carbocycles. The maximum Gasteiger partial charge on any atom is 2.00 e. The van der Waals surface area contributed by atoms with Crippen molar-refractivity contribution >= 4 is 0 Å². The summed E-state index contributed by atoms with van der Waals surface area (Å²) in [5.41, 5.74) is 0. The average molecular weight is 3610 g/mol. The summed E-state index contributed by atoms with van der Waals surface area (Å²) >= 11 is 0. The van der Waals surface area contributed by atoms with Crippen molar-refractivity contribution in [2.24, 2.45) is 0 Å². The predicted octanol–water partition coefficient (Wildman–Crippen LogP) is -5.57. The zero-order chi connectivity index (χ0) is 0. The maximum atomic E-state index is 0. The monoisotopic (exact) mass is 3550 g/mol. The molecule has 0 fully saturated rings. The van der Waals surface area contributed by atoms with E-state index in [1.807, 2.05) is 0 Å². The molecule has 0 radical (unpaired) electrons. The van der Waals surface area contributed by atoms with E-state index in [0.717, 1.165) is 0 Å². The zero-order valence-corrected chi connectivity index (χ0v) is 180. The first-order valence-corrected chi connectivity index (χ1v) is 0. The second-order valence-corrected chi connectivity index (χ2v) is 0. The van der Waals surface area contributed by atoms with Gasteiger partial charge in [-0.15, -0.1) is 0 Å². The largest absolute Gasteiger partial charge is 2.00 e. The van der Waals surface area contributed by atoms with Gasteiger partial charge in [-0.25, -0.2) is 0 Å². The summed E-state index contributed by atoms with van der Waals surface area (Å²) in [6.07, 6.45) is 0. The minimum Gasteiger partial charge on any atom is -2.00 e. The van der Waals surface area contributed by atoms with Crippen molar-refractivity contribution in [3.8, 4) is 0 Å². The number of hydrogen-bond acceptors (Lipinski definition) is 0. The van der Waals surface area contributed by atoms with Crippen LogP contribution in [0.15, 0.2) is 0 Å². The Kier molecular flexibility index (Phi) is 58200. The summed E-state index contributed by atoms with van der Waals surface area (Å²) in [5, 5.41) is 0. The quantitative estimate of drug-likeness (QED) is 0.205. The van der Waals surface area contributed by atoms with Gasteiger partial charge in [0.25, 0.3) is 0 Å². The third-order valence-corrected chi connectivity index (χ3v) is 0. The van der Waals surface area contributed by atoms with Gasteiger partial charge in [0, 0.05) is 0 Å². The summed E-state index contributed by atoms with van der Waals surface area (Å²) in [6, 6.07) is 0. The SMILES string of the molecule is [O-2].[O-2].[O-2].[O-2].[O-2].[O-2].[O-2].[O-2].[O-2].[O-2].[O-2].[O-2].[O-2].[O-2].[O-2].[O-2].[O-2].[O-2].[O-2].[O-2].[O-2].[O-2].[O-2].[O-2].[O-2].[O-2].[O-2].[O-2].[O-2].[O-2].[O-2].[O-2].[O-2].[O-2].[O-2].[O-2].[O-2].[O-2].[O-2].[O-2].[O-2].[O-2].[O-2].[O-2].[O-2].[O-2].[Zn+2].[Zn+2].[Zn+2].[Zn+2].[Zn+2].[Zn+2].[Zn+2].[Zn+2].[Zn+2].[Zn+2].[Zn+2].[Zn+2].[Zn+2].[Zn+2].[Zn+2].[Zn+2].[Zn+2].[Zn+2].[Zn+2].[Zn+2].[Zn+2].[Zn+2].[Zn+2].[Zn+2].[Zn+2].[Zn+2].[Zn+2].[Zn+2].[Zn+2].[Zn+2].[Zn+2].[Zn+2].[Zn+2].[Zn+2].[Zn+2].[Zn+2].[Zn+2].[Zn+2].[Zn+2].[Zn+2].[Zn+2].[Zn+2].[Zn+2].[Zn+2]. The van der Waals surface area contributed by atoms with Crippen LogP contribution in [0.25, 0.3) is 0 Å². The zero-order valence-electron chi connectivity index (χ0n) is 49.9. The molecule has 0 heterocycles. The molecular weight excluding hydrogens is 3610 g/mol. The van der Waals surface area contributed by atoms with Crippen LogP contribution in [0.1, 0.15) is 0 Å². The second kappa shape index (κ2) is 2260. The van der Waals surface area contributed by atoms with Crippen LogP contribution >= 0.6 is 0 Å².